The molecule has 0 bridgehead atoms. The molecule has 0 aromatic heterocycles. The number of hydrogen-bond acceptors (Lipinski definition) is 2. The van der Waals surface area contributed by atoms with Crippen LogP contribution in [0.5, 0.6) is 0 Å². The minimum absolute atomic E-state index is 0.682. The monoisotopic (exact) mass is 296 g/mol. The third kappa shape index (κ3) is 2.66. The largest absolute Gasteiger partial charge is 0.368 e. The molecule has 2 rings (SSSR count). The molecule has 0 radical (unpaired) electrons. The number of fused-ring (bicyclic) bond motifs is 1. The zero-order chi connectivity index (χ0) is 12.3. The normalized spacial score (nSPS) is 18.5. The minimum atomic E-state index is 0.682. The molecular formula is C14H21BrN2. The number of benzene rings is 1. The predicted octanol–water partition coefficient (Wildman–Crippen LogP) is 3.20. The smallest absolute Gasteiger partial charge is 0.0413 e. The third-order valence-corrected chi connectivity index (χ3v) is 4.33. The van der Waals surface area contributed by atoms with Crippen molar-refractivity contribution in [1.29, 1.82) is 0 Å². The molecule has 3 heteroatoms. The standard InChI is InChI=1S/C14H21BrN2/c1-3-17-11(6-5-9-16-2)10-12-13(15)7-4-8-14(12)17/h4,7-8,11,16H,3,5-6,9-10H2,1-2H3. The van der Waals surface area contributed by atoms with Gasteiger partial charge in [-0.15, -0.1) is 0 Å². The van der Waals surface area contributed by atoms with Gasteiger partial charge in [0.05, 0.1) is 0 Å². The van der Waals surface area contributed by atoms with Crippen molar-refractivity contribution in [2.45, 2.75) is 32.2 Å². The van der Waals surface area contributed by atoms with Crippen molar-refractivity contribution in [3.8, 4) is 0 Å². The van der Waals surface area contributed by atoms with Crippen LogP contribution in [-0.2, 0) is 6.42 Å². The van der Waals surface area contributed by atoms with Crippen molar-refractivity contribution in [1.82, 2.24) is 5.32 Å². The summed E-state index contributed by atoms with van der Waals surface area (Å²) >= 11 is 3.67. The van der Waals surface area contributed by atoms with Gasteiger partial charge in [0, 0.05) is 22.7 Å². The maximum Gasteiger partial charge on any atom is 0.0413 e. The fourth-order valence-electron chi connectivity index (χ4n) is 2.76. The molecule has 1 N–H and O–H groups in total. The van der Waals surface area contributed by atoms with Gasteiger partial charge in [0.2, 0.25) is 0 Å². The summed E-state index contributed by atoms with van der Waals surface area (Å²) < 4.78 is 1.27. The fraction of sp³-hybridized carbons (Fsp3) is 0.571. The number of halogens is 1. The van der Waals surface area contributed by atoms with Crippen LogP contribution in [0, 0.1) is 0 Å². The van der Waals surface area contributed by atoms with Gasteiger partial charge in [0.15, 0.2) is 0 Å². The lowest BCUT2D eigenvalue weighted by Gasteiger charge is -2.26. The third-order valence-electron chi connectivity index (χ3n) is 3.59. The highest BCUT2D eigenvalue weighted by molar-refractivity contribution is 9.10. The van der Waals surface area contributed by atoms with E-state index in [-0.39, 0.29) is 0 Å². The van der Waals surface area contributed by atoms with Crippen LogP contribution in [0.25, 0.3) is 0 Å². The van der Waals surface area contributed by atoms with Crippen molar-refractivity contribution in [2.24, 2.45) is 0 Å². The molecule has 1 aromatic carbocycles. The average molecular weight is 297 g/mol. The van der Waals surface area contributed by atoms with Gasteiger partial charge in [-0.05, 0) is 57.5 Å². The number of nitrogens with one attached hydrogen (secondary N) is 1. The lowest BCUT2D eigenvalue weighted by atomic mass is 10.1. The SMILES string of the molecule is CCN1c2cccc(Br)c2CC1CCCNC. The van der Waals surface area contributed by atoms with Gasteiger partial charge < -0.3 is 10.2 Å². The average Bonchev–Trinajstić information content (AvgIpc) is 2.69. The molecule has 17 heavy (non-hydrogen) atoms. The van der Waals surface area contributed by atoms with Crippen molar-refractivity contribution < 1.29 is 0 Å². The first-order valence-corrected chi connectivity index (χ1v) is 7.25. The Morgan fingerprint density at radius 2 is 2.29 bits per heavy atom. The van der Waals surface area contributed by atoms with Crippen LogP contribution in [0.15, 0.2) is 22.7 Å². The number of rotatable bonds is 5. The van der Waals surface area contributed by atoms with Gasteiger partial charge in [0.1, 0.15) is 0 Å². The molecule has 0 aliphatic carbocycles. The van der Waals surface area contributed by atoms with E-state index in [1.54, 1.807) is 0 Å². The Bertz CT molecular complexity index is 378. The lowest BCUT2D eigenvalue weighted by Crippen LogP contribution is -2.32. The fourth-order valence-corrected chi connectivity index (χ4v) is 3.28. The van der Waals surface area contributed by atoms with Crippen molar-refractivity contribution in [2.75, 3.05) is 25.0 Å². The van der Waals surface area contributed by atoms with E-state index in [1.807, 2.05) is 7.05 Å². The van der Waals surface area contributed by atoms with Gasteiger partial charge in [-0.25, -0.2) is 0 Å². The van der Waals surface area contributed by atoms with Crippen LogP contribution < -0.4 is 10.2 Å². The summed E-state index contributed by atoms with van der Waals surface area (Å²) in [5, 5.41) is 3.23. The van der Waals surface area contributed by atoms with Crippen LogP contribution in [0.1, 0.15) is 25.3 Å². The van der Waals surface area contributed by atoms with Crippen molar-refractivity contribution in [3.63, 3.8) is 0 Å². The molecule has 1 aromatic rings. The molecule has 1 aliphatic rings. The zero-order valence-corrected chi connectivity index (χ0v) is 12.3. The van der Waals surface area contributed by atoms with E-state index in [4.69, 9.17) is 0 Å². The van der Waals surface area contributed by atoms with Gasteiger partial charge >= 0.3 is 0 Å². The number of likely N-dealkylation sites (N-methyl/N-ethyl adjacent to an activating group) is 1. The van der Waals surface area contributed by atoms with E-state index in [0.29, 0.717) is 6.04 Å². The maximum atomic E-state index is 3.67. The summed E-state index contributed by atoms with van der Waals surface area (Å²) in [6.07, 6.45) is 3.72. The molecule has 1 unspecified atom stereocenters. The van der Waals surface area contributed by atoms with Crippen molar-refractivity contribution in [3.05, 3.63) is 28.2 Å². The second kappa shape index (κ2) is 5.87. The quantitative estimate of drug-likeness (QED) is 0.840. The summed E-state index contributed by atoms with van der Waals surface area (Å²) in [5.74, 6) is 0. The zero-order valence-electron chi connectivity index (χ0n) is 10.7. The molecule has 94 valence electrons. The van der Waals surface area contributed by atoms with Crippen LogP contribution in [-0.4, -0.2) is 26.2 Å². The van der Waals surface area contributed by atoms with Crippen LogP contribution in [0.3, 0.4) is 0 Å². The second-order valence-electron chi connectivity index (χ2n) is 4.63. The van der Waals surface area contributed by atoms with Crippen LogP contribution >= 0.6 is 15.9 Å². The molecule has 2 nitrogen and oxygen atoms in total. The number of anilines is 1. The Hall–Kier alpha value is -0.540. The molecule has 1 heterocycles. The summed E-state index contributed by atoms with van der Waals surface area (Å²) in [6.45, 7) is 4.47. The molecule has 0 spiro atoms. The highest BCUT2D eigenvalue weighted by atomic mass is 79.9. The lowest BCUT2D eigenvalue weighted by molar-refractivity contribution is 0.549. The van der Waals surface area contributed by atoms with Gasteiger partial charge in [0.25, 0.3) is 0 Å². The summed E-state index contributed by atoms with van der Waals surface area (Å²) in [5.41, 5.74) is 2.92. The van der Waals surface area contributed by atoms with Gasteiger partial charge in [-0.3, -0.25) is 0 Å². The van der Waals surface area contributed by atoms with Gasteiger partial charge in [-0.1, -0.05) is 22.0 Å². The summed E-state index contributed by atoms with van der Waals surface area (Å²) in [7, 11) is 2.03. The minimum Gasteiger partial charge on any atom is -0.368 e. The highest BCUT2D eigenvalue weighted by Crippen LogP contribution is 2.37. The summed E-state index contributed by atoms with van der Waals surface area (Å²) in [4.78, 5) is 2.55. The van der Waals surface area contributed by atoms with E-state index < -0.39 is 0 Å². The number of nitrogens with zero attached hydrogens (tertiary/aromatic N) is 1. The molecule has 0 saturated carbocycles. The number of hydrogen-bond donors (Lipinski definition) is 1. The Kier molecular flexibility index (Phi) is 4.46. The Labute approximate surface area is 113 Å². The van der Waals surface area contributed by atoms with E-state index in [2.05, 4.69) is 51.3 Å². The topological polar surface area (TPSA) is 15.3 Å². The van der Waals surface area contributed by atoms with E-state index in [0.717, 1.165) is 13.1 Å². The maximum absolute atomic E-state index is 3.67. The molecule has 1 atom stereocenters. The predicted molar refractivity (Wildman–Crippen MR) is 77.8 cm³/mol. The Balaban J connectivity index is 2.11. The molecular weight excluding hydrogens is 276 g/mol. The first-order chi connectivity index (χ1) is 8.27. The second-order valence-corrected chi connectivity index (χ2v) is 5.48. The Morgan fingerprint density at radius 1 is 1.47 bits per heavy atom. The van der Waals surface area contributed by atoms with Crippen LogP contribution in [0.2, 0.25) is 0 Å². The van der Waals surface area contributed by atoms with E-state index in [1.165, 1.54) is 35.0 Å². The molecule has 0 saturated heterocycles. The van der Waals surface area contributed by atoms with Crippen LogP contribution in [0.4, 0.5) is 5.69 Å². The van der Waals surface area contributed by atoms with Gasteiger partial charge in [-0.2, -0.15) is 0 Å². The first-order valence-electron chi connectivity index (χ1n) is 6.46. The molecule has 0 amide bonds. The van der Waals surface area contributed by atoms with E-state index in [9.17, 15) is 0 Å². The van der Waals surface area contributed by atoms with E-state index >= 15 is 0 Å². The molecule has 0 fully saturated rings. The summed E-state index contributed by atoms with van der Waals surface area (Å²) in [6, 6.07) is 7.23. The molecule has 1 aliphatic heterocycles. The highest BCUT2D eigenvalue weighted by Gasteiger charge is 2.28. The first kappa shape index (κ1) is 12.9. The van der Waals surface area contributed by atoms with Crippen molar-refractivity contribution >= 4 is 21.6 Å². The Morgan fingerprint density at radius 3 is 3.00 bits per heavy atom.